The van der Waals surface area contributed by atoms with Crippen LogP contribution in [0.25, 0.3) is 0 Å². The van der Waals surface area contributed by atoms with E-state index in [9.17, 15) is 9.59 Å². The van der Waals surface area contributed by atoms with E-state index in [2.05, 4.69) is 5.32 Å². The number of hydrazine groups is 1. The van der Waals surface area contributed by atoms with Crippen molar-refractivity contribution in [2.24, 2.45) is 5.84 Å². The number of anilines is 1. The zero-order chi connectivity index (χ0) is 14.5. The maximum Gasteiger partial charge on any atom is 0.267 e. The highest BCUT2D eigenvalue weighted by molar-refractivity contribution is 6.31. The first-order valence-electron chi connectivity index (χ1n) is 5.78. The van der Waals surface area contributed by atoms with Gasteiger partial charge in [-0.3, -0.25) is 15.0 Å². The lowest BCUT2D eigenvalue weighted by Crippen LogP contribution is -2.31. The first-order valence-corrected chi connectivity index (χ1v) is 6.16. The second-order valence-corrected chi connectivity index (χ2v) is 4.42. The van der Waals surface area contributed by atoms with Crippen molar-refractivity contribution in [3.05, 3.63) is 64.7 Å². The van der Waals surface area contributed by atoms with E-state index in [1.165, 1.54) is 6.07 Å². The summed E-state index contributed by atoms with van der Waals surface area (Å²) in [5.41, 5.74) is 3.04. The molecule has 6 heteroatoms. The number of carbonyl (C=O) groups is 2. The summed E-state index contributed by atoms with van der Waals surface area (Å²) in [6.07, 6.45) is 0. The maximum atomic E-state index is 12.1. The molecule has 5 nitrogen and oxygen atoms in total. The molecule has 0 aliphatic rings. The second kappa shape index (κ2) is 6.18. The first kappa shape index (κ1) is 14.0. The van der Waals surface area contributed by atoms with Crippen molar-refractivity contribution in [1.29, 1.82) is 0 Å². The van der Waals surface area contributed by atoms with Crippen LogP contribution < -0.4 is 16.6 Å². The van der Waals surface area contributed by atoms with E-state index < -0.39 is 5.91 Å². The smallest absolute Gasteiger partial charge is 0.267 e. The van der Waals surface area contributed by atoms with Gasteiger partial charge in [-0.2, -0.15) is 0 Å². The number of amides is 2. The highest BCUT2D eigenvalue weighted by Gasteiger charge is 2.14. The van der Waals surface area contributed by atoms with Crippen LogP contribution in [-0.2, 0) is 0 Å². The van der Waals surface area contributed by atoms with Crippen LogP contribution >= 0.6 is 11.6 Å². The van der Waals surface area contributed by atoms with Gasteiger partial charge in [0.15, 0.2) is 0 Å². The molecular weight excluding hydrogens is 278 g/mol. The molecule has 0 spiro atoms. The molecule has 2 amide bonds. The van der Waals surface area contributed by atoms with E-state index in [4.69, 9.17) is 17.4 Å². The largest absolute Gasteiger partial charge is 0.321 e. The van der Waals surface area contributed by atoms with E-state index in [0.29, 0.717) is 16.3 Å². The number of halogens is 1. The third-order valence-electron chi connectivity index (χ3n) is 2.64. The van der Waals surface area contributed by atoms with Gasteiger partial charge in [-0.05, 0) is 30.3 Å². The van der Waals surface area contributed by atoms with Crippen molar-refractivity contribution >= 4 is 29.1 Å². The molecule has 0 heterocycles. The van der Waals surface area contributed by atoms with Gasteiger partial charge in [0.1, 0.15) is 0 Å². The van der Waals surface area contributed by atoms with Crippen molar-refractivity contribution in [3.63, 3.8) is 0 Å². The molecule has 0 aliphatic carbocycles. The maximum absolute atomic E-state index is 12.1. The summed E-state index contributed by atoms with van der Waals surface area (Å²) in [6.45, 7) is 0. The minimum atomic E-state index is -0.532. The fourth-order valence-corrected chi connectivity index (χ4v) is 1.85. The Morgan fingerprint density at radius 1 is 1.00 bits per heavy atom. The lowest BCUT2D eigenvalue weighted by Gasteiger charge is -2.10. The van der Waals surface area contributed by atoms with Gasteiger partial charge in [-0.15, -0.1) is 0 Å². The number of nitrogen functional groups attached to an aromatic ring is 1. The van der Waals surface area contributed by atoms with Crippen LogP contribution in [0.15, 0.2) is 48.5 Å². The van der Waals surface area contributed by atoms with Gasteiger partial charge in [0.25, 0.3) is 11.8 Å². The molecule has 0 saturated heterocycles. The predicted molar refractivity (Wildman–Crippen MR) is 77.5 cm³/mol. The SMILES string of the molecule is NNC(=O)c1cc(Cl)ccc1NC(=O)c1ccccc1. The van der Waals surface area contributed by atoms with E-state index in [-0.39, 0.29) is 11.5 Å². The molecule has 0 radical (unpaired) electrons. The Hall–Kier alpha value is -2.37. The fourth-order valence-electron chi connectivity index (χ4n) is 1.68. The average Bonchev–Trinajstić information content (AvgIpc) is 2.49. The van der Waals surface area contributed by atoms with E-state index in [0.717, 1.165) is 0 Å². The van der Waals surface area contributed by atoms with Crippen LogP contribution in [-0.4, -0.2) is 11.8 Å². The summed E-state index contributed by atoms with van der Waals surface area (Å²) in [7, 11) is 0. The van der Waals surface area contributed by atoms with Crippen molar-refractivity contribution in [2.75, 3.05) is 5.32 Å². The average molecular weight is 290 g/mol. The lowest BCUT2D eigenvalue weighted by atomic mass is 10.1. The minimum absolute atomic E-state index is 0.198. The molecule has 0 aromatic heterocycles. The number of hydrogen-bond acceptors (Lipinski definition) is 3. The monoisotopic (exact) mass is 289 g/mol. The van der Waals surface area contributed by atoms with Crippen LogP contribution in [0.5, 0.6) is 0 Å². The van der Waals surface area contributed by atoms with Gasteiger partial charge in [0.05, 0.1) is 11.3 Å². The molecule has 0 atom stereocenters. The zero-order valence-electron chi connectivity index (χ0n) is 10.4. The Balaban J connectivity index is 2.30. The Labute approximate surface area is 120 Å². The van der Waals surface area contributed by atoms with Crippen molar-refractivity contribution in [3.8, 4) is 0 Å². The molecular formula is C14H12ClN3O2. The van der Waals surface area contributed by atoms with Crippen molar-refractivity contribution < 1.29 is 9.59 Å². The normalized spacial score (nSPS) is 9.90. The quantitative estimate of drug-likeness (QED) is 0.460. The van der Waals surface area contributed by atoms with Gasteiger partial charge in [-0.1, -0.05) is 29.8 Å². The van der Waals surface area contributed by atoms with E-state index in [1.54, 1.807) is 36.4 Å². The fraction of sp³-hybridized carbons (Fsp3) is 0. The van der Waals surface area contributed by atoms with Crippen molar-refractivity contribution in [1.82, 2.24) is 5.43 Å². The molecule has 2 rings (SSSR count). The lowest BCUT2D eigenvalue weighted by molar-refractivity contribution is 0.0954. The molecule has 0 saturated carbocycles. The van der Waals surface area contributed by atoms with Gasteiger partial charge < -0.3 is 5.32 Å². The minimum Gasteiger partial charge on any atom is -0.321 e. The molecule has 0 unspecified atom stereocenters. The molecule has 2 aromatic carbocycles. The second-order valence-electron chi connectivity index (χ2n) is 3.98. The highest BCUT2D eigenvalue weighted by Crippen LogP contribution is 2.21. The third kappa shape index (κ3) is 3.14. The summed E-state index contributed by atoms with van der Waals surface area (Å²) in [5.74, 6) is 4.26. The van der Waals surface area contributed by atoms with Gasteiger partial charge in [0, 0.05) is 10.6 Å². The number of carbonyl (C=O) groups excluding carboxylic acids is 2. The van der Waals surface area contributed by atoms with Crippen LogP contribution in [0.4, 0.5) is 5.69 Å². The van der Waals surface area contributed by atoms with E-state index in [1.807, 2.05) is 11.5 Å². The Bertz CT molecular complexity index is 644. The number of nitrogens with two attached hydrogens (primary N) is 1. The highest BCUT2D eigenvalue weighted by atomic mass is 35.5. The van der Waals surface area contributed by atoms with Crippen LogP contribution in [0.3, 0.4) is 0 Å². The Kier molecular flexibility index (Phi) is 4.34. The Morgan fingerprint density at radius 3 is 2.35 bits per heavy atom. The summed E-state index contributed by atoms with van der Waals surface area (Å²) in [5, 5.41) is 3.03. The van der Waals surface area contributed by atoms with Crippen molar-refractivity contribution in [2.45, 2.75) is 0 Å². The molecule has 0 bridgehead atoms. The molecule has 4 N–H and O–H groups in total. The first-order chi connectivity index (χ1) is 9.61. The summed E-state index contributed by atoms with van der Waals surface area (Å²) in [4.78, 5) is 23.7. The van der Waals surface area contributed by atoms with Crippen LogP contribution in [0.2, 0.25) is 5.02 Å². The molecule has 20 heavy (non-hydrogen) atoms. The standard InChI is InChI=1S/C14H12ClN3O2/c15-10-6-7-12(11(8-10)14(20)18-16)17-13(19)9-4-2-1-3-5-9/h1-8H,16H2,(H,17,19)(H,18,20). The number of benzene rings is 2. The summed E-state index contributed by atoms with van der Waals surface area (Å²) in [6, 6.07) is 13.2. The predicted octanol–water partition coefficient (Wildman–Crippen LogP) is 2.20. The topological polar surface area (TPSA) is 84.2 Å². The Morgan fingerprint density at radius 2 is 1.70 bits per heavy atom. The molecule has 0 fully saturated rings. The van der Waals surface area contributed by atoms with Crippen LogP contribution in [0.1, 0.15) is 20.7 Å². The molecule has 102 valence electrons. The molecule has 0 aliphatic heterocycles. The van der Waals surface area contributed by atoms with E-state index >= 15 is 0 Å². The molecule has 2 aromatic rings. The van der Waals surface area contributed by atoms with Crippen LogP contribution in [0, 0.1) is 0 Å². The van der Waals surface area contributed by atoms with Gasteiger partial charge in [0.2, 0.25) is 0 Å². The summed E-state index contributed by atoms with van der Waals surface area (Å²) < 4.78 is 0. The third-order valence-corrected chi connectivity index (χ3v) is 2.88. The summed E-state index contributed by atoms with van der Waals surface area (Å²) >= 11 is 5.84. The number of nitrogens with one attached hydrogen (secondary N) is 2. The zero-order valence-corrected chi connectivity index (χ0v) is 11.1. The van der Waals surface area contributed by atoms with Gasteiger partial charge >= 0.3 is 0 Å². The number of rotatable bonds is 3. The van der Waals surface area contributed by atoms with Gasteiger partial charge in [-0.25, -0.2) is 5.84 Å². The number of hydrogen-bond donors (Lipinski definition) is 3.